The van der Waals surface area contributed by atoms with E-state index in [0.717, 1.165) is 4.88 Å². The van der Waals surface area contributed by atoms with Crippen molar-refractivity contribution in [3.63, 3.8) is 0 Å². The second kappa shape index (κ2) is 6.86. The first-order valence-electron chi connectivity index (χ1n) is 5.55. The van der Waals surface area contributed by atoms with Gasteiger partial charge in [0, 0.05) is 31.0 Å². The van der Waals surface area contributed by atoms with E-state index in [1.165, 1.54) is 15.6 Å². The average Bonchev–Trinajstić information content (AvgIpc) is 2.78. The fourth-order valence-corrected chi connectivity index (χ4v) is 4.65. The number of alkyl halides is 1. The minimum atomic E-state index is -3.43. The maximum atomic E-state index is 12.3. The predicted molar refractivity (Wildman–Crippen MR) is 75.0 cm³/mol. The van der Waals surface area contributed by atoms with Gasteiger partial charge in [-0.15, -0.1) is 22.9 Å². The van der Waals surface area contributed by atoms with Gasteiger partial charge in [0.1, 0.15) is 4.21 Å². The fraction of sp³-hybridized carbons (Fsp3) is 0.636. The molecule has 0 aliphatic heterocycles. The molecule has 0 aliphatic rings. The van der Waals surface area contributed by atoms with Gasteiger partial charge in [-0.2, -0.15) is 4.31 Å². The van der Waals surface area contributed by atoms with Crippen LogP contribution in [0.15, 0.2) is 16.3 Å². The lowest BCUT2D eigenvalue weighted by molar-refractivity contribution is 0.149. The molecular weight excluding hydrogens is 294 g/mol. The highest BCUT2D eigenvalue weighted by Gasteiger charge is 2.26. The highest BCUT2D eigenvalue weighted by molar-refractivity contribution is 7.91. The van der Waals surface area contributed by atoms with Crippen LogP contribution in [0.25, 0.3) is 0 Å². The van der Waals surface area contributed by atoms with Gasteiger partial charge in [-0.05, 0) is 25.5 Å². The molecule has 0 saturated carbocycles. The number of ether oxygens (including phenoxy) is 1. The average molecular weight is 312 g/mol. The zero-order valence-corrected chi connectivity index (χ0v) is 13.1. The third-order valence-electron chi connectivity index (χ3n) is 2.64. The van der Waals surface area contributed by atoms with E-state index in [1.807, 2.05) is 13.0 Å². The van der Waals surface area contributed by atoms with Gasteiger partial charge in [0.25, 0.3) is 10.0 Å². The zero-order valence-electron chi connectivity index (χ0n) is 10.7. The van der Waals surface area contributed by atoms with Crippen molar-refractivity contribution in [1.29, 1.82) is 0 Å². The van der Waals surface area contributed by atoms with Crippen molar-refractivity contribution in [1.82, 2.24) is 4.31 Å². The Kier molecular flexibility index (Phi) is 6.07. The number of hydrogen-bond donors (Lipinski definition) is 0. The van der Waals surface area contributed by atoms with Crippen molar-refractivity contribution >= 4 is 33.0 Å². The van der Waals surface area contributed by atoms with Gasteiger partial charge >= 0.3 is 0 Å². The summed E-state index contributed by atoms with van der Waals surface area (Å²) < 4.78 is 31.3. The number of sulfonamides is 1. The predicted octanol–water partition coefficient (Wildman–Crippen LogP) is 2.18. The Morgan fingerprint density at radius 2 is 2.17 bits per heavy atom. The molecule has 18 heavy (non-hydrogen) atoms. The van der Waals surface area contributed by atoms with Gasteiger partial charge in [-0.3, -0.25) is 0 Å². The van der Waals surface area contributed by atoms with Crippen molar-refractivity contribution in [3.05, 3.63) is 17.0 Å². The quantitative estimate of drug-likeness (QED) is 0.725. The summed E-state index contributed by atoms with van der Waals surface area (Å²) in [7, 11) is -0.303. The lowest BCUT2D eigenvalue weighted by atomic mass is 10.4. The number of methoxy groups -OCH3 is 1. The SMILES string of the molecule is COCC(C)N(C)S(=O)(=O)c1ccc(CCCl)s1. The lowest BCUT2D eigenvalue weighted by Gasteiger charge is -2.22. The molecular formula is C11H18ClNO3S2. The minimum Gasteiger partial charge on any atom is -0.383 e. The highest BCUT2D eigenvalue weighted by Crippen LogP contribution is 2.25. The van der Waals surface area contributed by atoms with Crippen molar-refractivity contribution in [3.8, 4) is 0 Å². The molecule has 1 rings (SSSR count). The van der Waals surface area contributed by atoms with Crippen LogP contribution in [-0.2, 0) is 21.2 Å². The van der Waals surface area contributed by atoms with E-state index in [0.29, 0.717) is 23.1 Å². The van der Waals surface area contributed by atoms with E-state index >= 15 is 0 Å². The largest absolute Gasteiger partial charge is 0.383 e. The lowest BCUT2D eigenvalue weighted by Crippen LogP contribution is -2.37. The van der Waals surface area contributed by atoms with Crippen molar-refractivity contribution in [2.75, 3.05) is 26.6 Å². The standard InChI is InChI=1S/C11H18ClNO3S2/c1-9(8-16-3)13(2)18(14,15)11-5-4-10(17-11)6-7-12/h4-5,9H,6-8H2,1-3H3. The Morgan fingerprint density at radius 3 is 2.72 bits per heavy atom. The smallest absolute Gasteiger partial charge is 0.252 e. The first kappa shape index (κ1) is 15.9. The van der Waals surface area contributed by atoms with E-state index in [4.69, 9.17) is 16.3 Å². The van der Waals surface area contributed by atoms with Gasteiger partial charge < -0.3 is 4.74 Å². The molecule has 0 saturated heterocycles. The van der Waals surface area contributed by atoms with Crippen LogP contribution >= 0.6 is 22.9 Å². The molecule has 0 fully saturated rings. The number of rotatable bonds is 7. The second-order valence-corrected chi connectivity index (χ2v) is 7.76. The third-order valence-corrected chi connectivity index (χ3v) is 6.41. The normalized spacial score (nSPS) is 14.1. The molecule has 0 bridgehead atoms. The summed E-state index contributed by atoms with van der Waals surface area (Å²) in [6, 6.07) is 3.26. The molecule has 1 aromatic rings. The molecule has 104 valence electrons. The van der Waals surface area contributed by atoms with Crippen molar-refractivity contribution < 1.29 is 13.2 Å². The molecule has 0 amide bonds. The zero-order chi connectivity index (χ0) is 13.8. The molecule has 7 heteroatoms. The Balaban J connectivity index is 2.90. The highest BCUT2D eigenvalue weighted by atomic mass is 35.5. The molecule has 1 aromatic heterocycles. The summed E-state index contributed by atoms with van der Waals surface area (Å²) in [4.78, 5) is 0.983. The molecule has 1 atom stereocenters. The van der Waals surface area contributed by atoms with Crippen LogP contribution in [0.5, 0.6) is 0 Å². The summed E-state index contributed by atoms with van der Waals surface area (Å²) in [5.74, 6) is 0.496. The summed E-state index contributed by atoms with van der Waals surface area (Å²) >= 11 is 6.92. The van der Waals surface area contributed by atoms with E-state index in [9.17, 15) is 8.42 Å². The Labute approximate surface area is 118 Å². The van der Waals surface area contributed by atoms with Crippen LogP contribution in [0.1, 0.15) is 11.8 Å². The van der Waals surface area contributed by atoms with Crippen LogP contribution < -0.4 is 0 Å². The van der Waals surface area contributed by atoms with Crippen LogP contribution in [0.3, 0.4) is 0 Å². The Bertz CT molecular complexity index is 472. The molecule has 0 spiro atoms. The van der Waals surface area contributed by atoms with Gasteiger partial charge in [-0.25, -0.2) is 8.42 Å². The Morgan fingerprint density at radius 1 is 1.50 bits per heavy atom. The third kappa shape index (κ3) is 3.68. The summed E-state index contributed by atoms with van der Waals surface area (Å²) in [6.07, 6.45) is 0.694. The molecule has 0 aliphatic carbocycles. The van der Waals surface area contributed by atoms with Crippen LogP contribution in [0.2, 0.25) is 0 Å². The van der Waals surface area contributed by atoms with E-state index in [1.54, 1.807) is 20.2 Å². The molecule has 0 aromatic carbocycles. The Hall–Kier alpha value is -0.140. The maximum absolute atomic E-state index is 12.3. The molecule has 1 unspecified atom stereocenters. The van der Waals surface area contributed by atoms with Crippen LogP contribution in [-0.4, -0.2) is 45.4 Å². The van der Waals surface area contributed by atoms with Gasteiger partial charge in [0.05, 0.1) is 6.61 Å². The molecule has 1 heterocycles. The molecule has 4 nitrogen and oxygen atoms in total. The van der Waals surface area contributed by atoms with E-state index in [2.05, 4.69) is 0 Å². The second-order valence-electron chi connectivity index (χ2n) is 3.99. The molecule has 0 radical (unpaired) electrons. The minimum absolute atomic E-state index is 0.196. The first-order chi connectivity index (χ1) is 8.43. The van der Waals surface area contributed by atoms with E-state index in [-0.39, 0.29) is 6.04 Å². The number of nitrogens with zero attached hydrogens (tertiary/aromatic N) is 1. The van der Waals surface area contributed by atoms with Gasteiger partial charge in [-0.1, -0.05) is 0 Å². The summed E-state index contributed by atoms with van der Waals surface area (Å²) in [5, 5.41) is 0. The maximum Gasteiger partial charge on any atom is 0.252 e. The van der Waals surface area contributed by atoms with Gasteiger partial charge in [0.2, 0.25) is 0 Å². The number of aryl methyl sites for hydroxylation is 1. The summed E-state index contributed by atoms with van der Waals surface area (Å²) in [5.41, 5.74) is 0. The number of likely N-dealkylation sites (N-methyl/N-ethyl adjacent to an activating group) is 1. The fourth-order valence-electron chi connectivity index (χ4n) is 1.45. The summed E-state index contributed by atoms with van der Waals surface area (Å²) in [6.45, 7) is 2.18. The number of hydrogen-bond acceptors (Lipinski definition) is 4. The monoisotopic (exact) mass is 311 g/mol. The number of halogens is 1. The van der Waals surface area contributed by atoms with Crippen molar-refractivity contribution in [2.24, 2.45) is 0 Å². The van der Waals surface area contributed by atoms with Crippen molar-refractivity contribution in [2.45, 2.75) is 23.6 Å². The first-order valence-corrected chi connectivity index (χ1v) is 8.34. The number of thiophene rings is 1. The topological polar surface area (TPSA) is 46.6 Å². The van der Waals surface area contributed by atoms with Gasteiger partial charge in [0.15, 0.2) is 0 Å². The van der Waals surface area contributed by atoms with Crippen LogP contribution in [0.4, 0.5) is 0 Å². The van der Waals surface area contributed by atoms with Crippen LogP contribution in [0, 0.1) is 0 Å². The van der Waals surface area contributed by atoms with E-state index < -0.39 is 10.0 Å². The molecule has 0 N–H and O–H groups in total.